The highest BCUT2D eigenvalue weighted by Crippen LogP contribution is 2.23. The van der Waals surface area contributed by atoms with Crippen LogP contribution in [0.4, 0.5) is 0 Å². The SMILES string of the molecule is CCCC(C)C(=O)OC(C(=O)c1c(C)cc(C)cc1C)C(C)C.O=P. The molecule has 0 aromatic heterocycles. The zero-order valence-electron chi connectivity index (χ0n) is 16.4. The molecular weight excluding hydrogens is 335 g/mol. The molecule has 140 valence electrons. The van der Waals surface area contributed by atoms with Gasteiger partial charge in [-0.15, -0.1) is 0 Å². The molecule has 0 saturated carbocycles. The van der Waals surface area contributed by atoms with Gasteiger partial charge in [-0.05, 0) is 44.2 Å². The smallest absolute Gasteiger partial charge is 0.309 e. The summed E-state index contributed by atoms with van der Waals surface area (Å²) in [5, 5.41) is 0. The Bertz CT molecular complexity index is 572. The molecule has 2 unspecified atom stereocenters. The quantitative estimate of drug-likeness (QED) is 0.374. The van der Waals surface area contributed by atoms with Crippen molar-refractivity contribution in [1.82, 2.24) is 0 Å². The Balaban J connectivity index is 0.00000277. The van der Waals surface area contributed by atoms with Gasteiger partial charge >= 0.3 is 5.97 Å². The number of hydrogen-bond acceptors (Lipinski definition) is 4. The van der Waals surface area contributed by atoms with Crippen molar-refractivity contribution < 1.29 is 18.9 Å². The Morgan fingerprint density at radius 2 is 1.52 bits per heavy atom. The molecule has 1 aromatic rings. The van der Waals surface area contributed by atoms with Crippen LogP contribution in [0.5, 0.6) is 0 Å². The van der Waals surface area contributed by atoms with Crippen LogP contribution in [0, 0.1) is 32.6 Å². The molecule has 0 heterocycles. The van der Waals surface area contributed by atoms with Crippen molar-refractivity contribution in [3.05, 3.63) is 34.4 Å². The predicted molar refractivity (Wildman–Crippen MR) is 103 cm³/mol. The van der Waals surface area contributed by atoms with Crippen molar-refractivity contribution in [2.24, 2.45) is 11.8 Å². The lowest BCUT2D eigenvalue weighted by molar-refractivity contribution is -0.153. The summed E-state index contributed by atoms with van der Waals surface area (Å²) in [6.45, 7) is 13.6. The topological polar surface area (TPSA) is 60.4 Å². The summed E-state index contributed by atoms with van der Waals surface area (Å²) in [4.78, 5) is 25.2. The minimum Gasteiger partial charge on any atom is -0.453 e. The maximum absolute atomic E-state index is 13.0. The Morgan fingerprint density at radius 3 is 1.92 bits per heavy atom. The highest BCUT2D eigenvalue weighted by atomic mass is 31.0. The Labute approximate surface area is 154 Å². The number of esters is 1. The molecule has 0 amide bonds. The molecule has 0 N–H and O–H groups in total. The first-order chi connectivity index (χ1) is 11.7. The van der Waals surface area contributed by atoms with E-state index in [0.717, 1.165) is 29.5 Å². The fourth-order valence-electron chi connectivity index (χ4n) is 3.00. The second-order valence-electron chi connectivity index (χ2n) is 6.93. The lowest BCUT2D eigenvalue weighted by Gasteiger charge is -2.24. The molecular formula is C20H31O4P. The van der Waals surface area contributed by atoms with Crippen LogP contribution in [0.1, 0.15) is 67.6 Å². The molecule has 0 bridgehead atoms. The number of ketones is 1. The van der Waals surface area contributed by atoms with Crippen LogP contribution in [-0.2, 0) is 14.1 Å². The predicted octanol–water partition coefficient (Wildman–Crippen LogP) is 5.27. The van der Waals surface area contributed by atoms with Crippen molar-refractivity contribution in [2.75, 3.05) is 0 Å². The molecule has 0 aliphatic rings. The van der Waals surface area contributed by atoms with Crippen LogP contribution in [0.3, 0.4) is 0 Å². The highest BCUT2D eigenvalue weighted by Gasteiger charge is 2.30. The molecule has 4 nitrogen and oxygen atoms in total. The van der Waals surface area contributed by atoms with Crippen molar-refractivity contribution in [3.8, 4) is 0 Å². The van der Waals surface area contributed by atoms with Gasteiger partial charge in [-0.2, -0.15) is 0 Å². The van der Waals surface area contributed by atoms with Crippen molar-refractivity contribution in [1.29, 1.82) is 0 Å². The van der Waals surface area contributed by atoms with E-state index in [1.165, 1.54) is 0 Å². The van der Waals surface area contributed by atoms with Gasteiger partial charge in [0.05, 0.1) is 5.92 Å². The number of benzene rings is 1. The largest absolute Gasteiger partial charge is 0.453 e. The third kappa shape index (κ3) is 6.70. The molecule has 0 fully saturated rings. The Morgan fingerprint density at radius 1 is 1.04 bits per heavy atom. The first kappa shape index (κ1) is 23.5. The average Bonchev–Trinajstić information content (AvgIpc) is 2.52. The van der Waals surface area contributed by atoms with Gasteiger partial charge in [-0.25, -0.2) is 0 Å². The fourth-order valence-corrected chi connectivity index (χ4v) is 3.00. The fraction of sp³-hybridized carbons (Fsp3) is 0.600. The van der Waals surface area contributed by atoms with Gasteiger partial charge in [0.1, 0.15) is 9.12 Å². The number of rotatable bonds is 7. The van der Waals surface area contributed by atoms with Crippen LogP contribution in [-0.4, -0.2) is 17.9 Å². The van der Waals surface area contributed by atoms with Crippen molar-refractivity contribution in [3.63, 3.8) is 0 Å². The summed E-state index contributed by atoms with van der Waals surface area (Å²) < 4.78 is 13.6. The summed E-state index contributed by atoms with van der Waals surface area (Å²) in [7, 11) is 1.72. The molecule has 0 spiro atoms. The van der Waals surface area contributed by atoms with E-state index in [2.05, 4.69) is 0 Å². The second kappa shape index (κ2) is 11.1. The summed E-state index contributed by atoms with van der Waals surface area (Å²) in [6.07, 6.45) is 0.981. The first-order valence-electron chi connectivity index (χ1n) is 8.71. The molecule has 2 atom stereocenters. The summed E-state index contributed by atoms with van der Waals surface area (Å²) >= 11 is 0. The van der Waals surface area contributed by atoms with Crippen molar-refractivity contribution in [2.45, 2.75) is 67.4 Å². The number of aryl methyl sites for hydroxylation is 3. The van der Waals surface area contributed by atoms with Crippen molar-refractivity contribution >= 4 is 20.9 Å². The average molecular weight is 366 g/mol. The molecule has 5 heteroatoms. The van der Waals surface area contributed by atoms with Crippen LogP contribution in [0.25, 0.3) is 0 Å². The number of Topliss-reactive ketones (excluding diaryl/α,β-unsaturated/α-hetero) is 1. The van der Waals surface area contributed by atoms with Gasteiger partial charge in [0.2, 0.25) is 5.78 Å². The van der Waals surface area contributed by atoms with E-state index in [9.17, 15) is 9.59 Å². The van der Waals surface area contributed by atoms with Gasteiger partial charge in [-0.1, -0.05) is 51.8 Å². The maximum Gasteiger partial charge on any atom is 0.309 e. The number of hydrogen-bond donors (Lipinski definition) is 0. The van der Waals surface area contributed by atoms with Crippen LogP contribution in [0.2, 0.25) is 0 Å². The lowest BCUT2D eigenvalue weighted by atomic mass is 9.90. The van der Waals surface area contributed by atoms with Gasteiger partial charge < -0.3 is 4.74 Å². The number of carbonyl (C=O) groups excluding carboxylic acids is 2. The number of carbonyl (C=O) groups is 2. The molecule has 0 radical (unpaired) electrons. The summed E-state index contributed by atoms with van der Waals surface area (Å²) in [5.74, 6) is -0.594. The van der Waals surface area contributed by atoms with Gasteiger partial charge in [0.15, 0.2) is 6.10 Å². The van der Waals surface area contributed by atoms with Crippen LogP contribution >= 0.6 is 9.12 Å². The van der Waals surface area contributed by atoms with E-state index in [1.54, 1.807) is 9.12 Å². The third-order valence-corrected chi connectivity index (χ3v) is 4.15. The summed E-state index contributed by atoms with van der Waals surface area (Å²) in [6, 6.07) is 4.00. The van der Waals surface area contributed by atoms with Crippen LogP contribution < -0.4 is 0 Å². The van der Waals surface area contributed by atoms with Gasteiger partial charge in [0, 0.05) is 5.56 Å². The lowest BCUT2D eigenvalue weighted by Crippen LogP contribution is -2.34. The first-order valence-corrected chi connectivity index (χ1v) is 9.12. The molecule has 25 heavy (non-hydrogen) atoms. The standard InChI is InChI=1S/C20H30O3.HOP/c1-8-9-14(5)20(22)23-19(12(2)3)18(21)17-15(6)10-13(4)11-16(17)7;1-2/h10-12,14,19H,8-9H2,1-7H3;2H. The van der Waals surface area contributed by atoms with E-state index in [0.29, 0.717) is 5.56 Å². The Hall–Kier alpha value is -1.54. The van der Waals surface area contributed by atoms with Crippen LogP contribution in [0.15, 0.2) is 12.1 Å². The normalized spacial score (nSPS) is 12.8. The molecule has 0 aliphatic carbocycles. The molecule has 0 saturated heterocycles. The van der Waals surface area contributed by atoms with Gasteiger partial charge in [0.25, 0.3) is 0 Å². The Kier molecular flexibility index (Phi) is 10.5. The molecule has 1 aromatic carbocycles. The van der Waals surface area contributed by atoms with Gasteiger partial charge in [-0.3, -0.25) is 14.2 Å². The minimum absolute atomic E-state index is 0.0552. The van der Waals surface area contributed by atoms with E-state index in [1.807, 2.05) is 60.6 Å². The molecule has 1 rings (SSSR count). The van der Waals surface area contributed by atoms with E-state index >= 15 is 0 Å². The molecule has 0 aliphatic heterocycles. The van der Waals surface area contributed by atoms with E-state index in [4.69, 9.17) is 9.30 Å². The van der Waals surface area contributed by atoms with E-state index < -0.39 is 6.10 Å². The second-order valence-corrected chi connectivity index (χ2v) is 6.93. The zero-order valence-corrected chi connectivity index (χ0v) is 17.4. The maximum atomic E-state index is 13.0. The minimum atomic E-state index is -0.720. The third-order valence-electron chi connectivity index (χ3n) is 4.15. The highest BCUT2D eigenvalue weighted by molar-refractivity contribution is 7.00. The summed E-state index contributed by atoms with van der Waals surface area (Å²) in [5.41, 5.74) is 3.70. The van der Waals surface area contributed by atoms with E-state index in [-0.39, 0.29) is 23.6 Å². The number of ether oxygens (including phenoxy) is 1. The zero-order chi connectivity index (χ0) is 19.7. The monoisotopic (exact) mass is 366 g/mol.